The Morgan fingerprint density at radius 2 is 1.71 bits per heavy atom. The first-order chi connectivity index (χ1) is 13.3. The minimum absolute atomic E-state index is 0.0249. The summed E-state index contributed by atoms with van der Waals surface area (Å²) in [4.78, 5) is 17.0. The van der Waals surface area contributed by atoms with E-state index in [9.17, 15) is 9.90 Å². The second-order valence-corrected chi connectivity index (χ2v) is 8.42. The number of rotatable bonds is 4. The molecule has 0 aromatic heterocycles. The lowest BCUT2D eigenvalue weighted by Gasteiger charge is -2.42. The van der Waals surface area contributed by atoms with Crippen LogP contribution in [0.25, 0.3) is 0 Å². The van der Waals surface area contributed by atoms with Gasteiger partial charge in [-0.25, -0.2) is 4.79 Å². The maximum atomic E-state index is 12.8. The van der Waals surface area contributed by atoms with Crippen LogP contribution in [0.15, 0.2) is 54.6 Å². The molecule has 1 amide bonds. The predicted octanol–water partition coefficient (Wildman–Crippen LogP) is 4.06. The number of benzene rings is 2. The summed E-state index contributed by atoms with van der Waals surface area (Å²) in [5.74, 6) is 0.252. The molecule has 1 atom stereocenters. The van der Waals surface area contributed by atoms with Crippen molar-refractivity contribution >= 4 is 6.09 Å². The van der Waals surface area contributed by atoms with Crippen molar-refractivity contribution in [2.75, 3.05) is 19.6 Å². The molecule has 0 saturated carbocycles. The SMILES string of the molecule is CC(C)(C)OC(=O)N1CCN(Cc2ccccc2)C[C@H]1Cc1ccc(O)cc1. The predicted molar refractivity (Wildman–Crippen MR) is 110 cm³/mol. The van der Waals surface area contributed by atoms with Crippen LogP contribution in [0.2, 0.25) is 0 Å². The number of carbonyl (C=O) groups is 1. The van der Waals surface area contributed by atoms with Crippen molar-refractivity contribution < 1.29 is 14.6 Å². The molecule has 150 valence electrons. The lowest BCUT2D eigenvalue weighted by molar-refractivity contribution is -0.00233. The zero-order valence-electron chi connectivity index (χ0n) is 17.0. The highest BCUT2D eigenvalue weighted by Crippen LogP contribution is 2.21. The average molecular weight is 383 g/mol. The van der Waals surface area contributed by atoms with Gasteiger partial charge >= 0.3 is 6.09 Å². The van der Waals surface area contributed by atoms with E-state index in [0.717, 1.165) is 31.6 Å². The minimum Gasteiger partial charge on any atom is -0.508 e. The molecular formula is C23H30N2O3. The Hall–Kier alpha value is -2.53. The third kappa shape index (κ3) is 5.73. The van der Waals surface area contributed by atoms with Crippen molar-refractivity contribution in [1.82, 2.24) is 9.80 Å². The number of phenolic OH excluding ortho intramolecular Hbond substituents is 1. The van der Waals surface area contributed by atoms with Crippen LogP contribution in [-0.4, -0.2) is 52.3 Å². The third-order valence-electron chi connectivity index (χ3n) is 4.85. The number of carbonyl (C=O) groups excluding carboxylic acids is 1. The maximum absolute atomic E-state index is 12.8. The normalized spacial score (nSPS) is 18.1. The van der Waals surface area contributed by atoms with Gasteiger partial charge in [0.2, 0.25) is 0 Å². The van der Waals surface area contributed by atoms with E-state index in [4.69, 9.17) is 4.74 Å². The number of aromatic hydroxyl groups is 1. The fourth-order valence-electron chi connectivity index (χ4n) is 3.54. The van der Waals surface area contributed by atoms with Gasteiger partial charge in [-0.1, -0.05) is 42.5 Å². The maximum Gasteiger partial charge on any atom is 0.410 e. The summed E-state index contributed by atoms with van der Waals surface area (Å²) in [5, 5.41) is 9.54. The Balaban J connectivity index is 1.73. The van der Waals surface area contributed by atoms with Crippen molar-refractivity contribution in [2.24, 2.45) is 0 Å². The number of amides is 1. The van der Waals surface area contributed by atoms with Crippen LogP contribution in [-0.2, 0) is 17.7 Å². The molecule has 5 nitrogen and oxygen atoms in total. The van der Waals surface area contributed by atoms with E-state index in [2.05, 4.69) is 29.2 Å². The fraction of sp³-hybridized carbons (Fsp3) is 0.435. The highest BCUT2D eigenvalue weighted by atomic mass is 16.6. The largest absolute Gasteiger partial charge is 0.508 e. The average Bonchev–Trinajstić information content (AvgIpc) is 2.63. The monoisotopic (exact) mass is 382 g/mol. The van der Waals surface area contributed by atoms with Gasteiger partial charge in [-0.2, -0.15) is 0 Å². The Labute approximate surface area is 167 Å². The van der Waals surface area contributed by atoms with E-state index in [1.54, 1.807) is 12.1 Å². The highest BCUT2D eigenvalue weighted by molar-refractivity contribution is 5.68. The van der Waals surface area contributed by atoms with Crippen LogP contribution >= 0.6 is 0 Å². The molecule has 1 heterocycles. The van der Waals surface area contributed by atoms with Gasteiger partial charge in [0.05, 0.1) is 6.04 Å². The summed E-state index contributed by atoms with van der Waals surface area (Å²) in [6.07, 6.45) is 0.473. The van der Waals surface area contributed by atoms with Crippen LogP contribution in [0.1, 0.15) is 31.9 Å². The van der Waals surface area contributed by atoms with Gasteiger partial charge in [0, 0.05) is 26.2 Å². The van der Waals surface area contributed by atoms with Crippen molar-refractivity contribution in [3.05, 3.63) is 65.7 Å². The molecule has 1 aliphatic rings. The van der Waals surface area contributed by atoms with Gasteiger partial charge in [0.25, 0.3) is 0 Å². The quantitative estimate of drug-likeness (QED) is 0.867. The first-order valence-corrected chi connectivity index (χ1v) is 9.84. The van der Waals surface area contributed by atoms with Crippen LogP contribution in [0.3, 0.4) is 0 Å². The van der Waals surface area contributed by atoms with E-state index in [1.165, 1.54) is 5.56 Å². The highest BCUT2D eigenvalue weighted by Gasteiger charge is 2.33. The van der Waals surface area contributed by atoms with Gasteiger partial charge in [-0.05, 0) is 50.5 Å². The molecule has 5 heteroatoms. The first kappa shape index (κ1) is 20.2. The molecule has 0 spiro atoms. The molecule has 2 aromatic rings. The van der Waals surface area contributed by atoms with Crippen LogP contribution < -0.4 is 0 Å². The molecule has 0 radical (unpaired) electrons. The molecule has 1 aliphatic heterocycles. The number of ether oxygens (including phenoxy) is 1. The van der Waals surface area contributed by atoms with Crippen molar-refractivity contribution in [3.63, 3.8) is 0 Å². The zero-order valence-corrected chi connectivity index (χ0v) is 17.0. The summed E-state index contributed by atoms with van der Waals surface area (Å²) < 4.78 is 5.65. The Bertz CT molecular complexity index is 769. The van der Waals surface area contributed by atoms with Crippen molar-refractivity contribution in [2.45, 2.75) is 45.4 Å². The smallest absolute Gasteiger partial charge is 0.410 e. The molecule has 3 rings (SSSR count). The number of hydrogen-bond donors (Lipinski definition) is 1. The van der Waals surface area contributed by atoms with Crippen LogP contribution in [0.5, 0.6) is 5.75 Å². The van der Waals surface area contributed by atoms with Crippen molar-refractivity contribution in [1.29, 1.82) is 0 Å². The van der Waals surface area contributed by atoms with E-state index in [-0.39, 0.29) is 17.9 Å². The molecule has 0 unspecified atom stereocenters. The second-order valence-electron chi connectivity index (χ2n) is 8.42. The van der Waals surface area contributed by atoms with Gasteiger partial charge < -0.3 is 14.7 Å². The number of phenols is 1. The Kier molecular flexibility index (Phi) is 6.25. The molecule has 1 fully saturated rings. The summed E-state index contributed by atoms with van der Waals surface area (Å²) in [6.45, 7) is 8.80. The van der Waals surface area contributed by atoms with E-state index >= 15 is 0 Å². The van der Waals surface area contributed by atoms with Crippen LogP contribution in [0, 0.1) is 0 Å². The second kappa shape index (κ2) is 8.65. The lowest BCUT2D eigenvalue weighted by Crippen LogP contribution is -2.56. The Morgan fingerprint density at radius 3 is 2.36 bits per heavy atom. The molecule has 1 saturated heterocycles. The van der Waals surface area contributed by atoms with E-state index < -0.39 is 5.60 Å². The lowest BCUT2D eigenvalue weighted by atomic mass is 10.0. The molecular weight excluding hydrogens is 352 g/mol. The molecule has 0 aliphatic carbocycles. The summed E-state index contributed by atoms with van der Waals surface area (Å²) in [7, 11) is 0. The van der Waals surface area contributed by atoms with Gasteiger partial charge in [0.15, 0.2) is 0 Å². The summed E-state index contributed by atoms with van der Waals surface area (Å²) >= 11 is 0. The topological polar surface area (TPSA) is 53.0 Å². The van der Waals surface area contributed by atoms with Crippen LogP contribution in [0.4, 0.5) is 4.79 Å². The molecule has 0 bridgehead atoms. The number of piperazine rings is 1. The van der Waals surface area contributed by atoms with Gasteiger partial charge in [-0.15, -0.1) is 0 Å². The van der Waals surface area contributed by atoms with Crippen molar-refractivity contribution in [3.8, 4) is 5.75 Å². The molecule has 28 heavy (non-hydrogen) atoms. The summed E-state index contributed by atoms with van der Waals surface area (Å²) in [6, 6.07) is 17.6. The summed E-state index contributed by atoms with van der Waals surface area (Å²) in [5.41, 5.74) is 1.86. The fourth-order valence-corrected chi connectivity index (χ4v) is 3.54. The van der Waals surface area contributed by atoms with E-state index in [0.29, 0.717) is 6.54 Å². The molecule has 1 N–H and O–H groups in total. The number of nitrogens with zero attached hydrogens (tertiary/aromatic N) is 2. The van der Waals surface area contributed by atoms with Gasteiger partial charge in [0.1, 0.15) is 11.4 Å². The minimum atomic E-state index is -0.513. The Morgan fingerprint density at radius 1 is 1.04 bits per heavy atom. The van der Waals surface area contributed by atoms with Gasteiger partial charge in [-0.3, -0.25) is 4.90 Å². The standard InChI is InChI=1S/C23H30N2O3/c1-23(2,3)28-22(27)25-14-13-24(16-19-7-5-4-6-8-19)17-20(25)15-18-9-11-21(26)12-10-18/h4-12,20,26H,13-17H2,1-3H3/t20-/m1/s1. The molecule has 2 aromatic carbocycles. The third-order valence-corrected chi connectivity index (χ3v) is 4.85. The first-order valence-electron chi connectivity index (χ1n) is 9.84. The number of hydrogen-bond acceptors (Lipinski definition) is 4. The van der Waals surface area contributed by atoms with E-state index in [1.807, 2.05) is 43.9 Å². The zero-order chi connectivity index (χ0) is 20.1.